The van der Waals surface area contributed by atoms with Gasteiger partial charge in [-0.15, -0.1) is 0 Å². The van der Waals surface area contributed by atoms with Crippen molar-refractivity contribution >= 4 is 24.2 Å². The molecule has 0 heterocycles. The SMILES string of the molecule is C=C(C)C(=O)O.CC(CN)C(=O)O.N.O=C=O.O=C=O. The summed E-state index contributed by atoms with van der Waals surface area (Å²) >= 11 is 0. The standard InChI is InChI=1S/C4H9NO2.C4H6O2.2CO2.H3N/c1-3(2-5)4(6)7;1-3(2)4(5)6;2*2-1-3;/h3H,2,5H2,1H3,(H,6,7);1H2,2H3,(H,5,6);;;1H3. The van der Waals surface area contributed by atoms with Gasteiger partial charge in [-0.05, 0) is 6.92 Å². The topological polar surface area (TPSA) is 204 Å². The monoisotopic (exact) mass is 294 g/mol. The van der Waals surface area contributed by atoms with Gasteiger partial charge >= 0.3 is 24.2 Å². The van der Waals surface area contributed by atoms with Crippen molar-refractivity contribution in [1.29, 1.82) is 0 Å². The first kappa shape index (κ1) is 30.4. The molecule has 0 aliphatic heterocycles. The molecule has 0 aromatic carbocycles. The highest BCUT2D eigenvalue weighted by molar-refractivity contribution is 5.84. The van der Waals surface area contributed by atoms with E-state index in [2.05, 4.69) is 6.58 Å². The van der Waals surface area contributed by atoms with E-state index in [-0.39, 0.29) is 30.6 Å². The molecule has 0 saturated heterocycles. The molecular formula is C10H18N2O8. The predicted octanol–water partition coefficient (Wildman–Crippen LogP) is -0.692. The van der Waals surface area contributed by atoms with Crippen molar-refractivity contribution in [3.63, 3.8) is 0 Å². The van der Waals surface area contributed by atoms with Crippen LogP contribution in [0.1, 0.15) is 13.8 Å². The summed E-state index contributed by atoms with van der Waals surface area (Å²) in [5.41, 5.74) is 5.17. The van der Waals surface area contributed by atoms with Crippen LogP contribution in [0.25, 0.3) is 0 Å². The summed E-state index contributed by atoms with van der Waals surface area (Å²) in [6.45, 7) is 6.39. The Morgan fingerprint density at radius 2 is 1.35 bits per heavy atom. The minimum atomic E-state index is -0.935. The van der Waals surface area contributed by atoms with Gasteiger partial charge in [-0.25, -0.2) is 4.79 Å². The summed E-state index contributed by atoms with van der Waals surface area (Å²) in [6, 6.07) is 0. The number of carbonyl (C=O) groups excluding carboxylic acids is 4. The zero-order valence-electron chi connectivity index (χ0n) is 11.1. The minimum Gasteiger partial charge on any atom is -0.481 e. The van der Waals surface area contributed by atoms with Crippen LogP contribution in [0.4, 0.5) is 0 Å². The quantitative estimate of drug-likeness (QED) is 0.482. The molecule has 116 valence electrons. The summed E-state index contributed by atoms with van der Waals surface area (Å²) in [5, 5.41) is 16.0. The van der Waals surface area contributed by atoms with Crippen molar-refractivity contribution in [2.45, 2.75) is 13.8 Å². The number of hydrogen-bond donors (Lipinski definition) is 4. The maximum absolute atomic E-state index is 9.85. The van der Waals surface area contributed by atoms with E-state index in [1.54, 1.807) is 6.92 Å². The molecule has 1 unspecified atom stereocenters. The van der Waals surface area contributed by atoms with Gasteiger partial charge < -0.3 is 22.1 Å². The summed E-state index contributed by atoms with van der Waals surface area (Å²) in [4.78, 5) is 51.9. The molecule has 0 aliphatic carbocycles. The highest BCUT2D eigenvalue weighted by Gasteiger charge is 2.05. The number of hydrogen-bond acceptors (Lipinski definition) is 8. The molecule has 7 N–H and O–H groups in total. The van der Waals surface area contributed by atoms with Gasteiger partial charge in [0, 0.05) is 12.1 Å². The average molecular weight is 294 g/mol. The smallest absolute Gasteiger partial charge is 0.373 e. The first-order valence-electron chi connectivity index (χ1n) is 4.46. The van der Waals surface area contributed by atoms with Crippen LogP contribution in [0.15, 0.2) is 12.2 Å². The Labute approximate surface area is 114 Å². The number of aliphatic carboxylic acids is 2. The average Bonchev–Trinajstić information content (AvgIpc) is 2.30. The third-order valence-electron chi connectivity index (χ3n) is 1.14. The van der Waals surface area contributed by atoms with Gasteiger partial charge in [-0.3, -0.25) is 4.79 Å². The Hall–Kier alpha value is -2.64. The highest BCUT2D eigenvalue weighted by atomic mass is 16.4. The zero-order valence-corrected chi connectivity index (χ0v) is 11.1. The van der Waals surface area contributed by atoms with Crippen LogP contribution in [0.2, 0.25) is 0 Å². The molecule has 0 radical (unpaired) electrons. The van der Waals surface area contributed by atoms with Crippen LogP contribution in [-0.2, 0) is 28.8 Å². The largest absolute Gasteiger partial charge is 0.481 e. The lowest BCUT2D eigenvalue weighted by atomic mass is 10.2. The van der Waals surface area contributed by atoms with Crippen molar-refractivity contribution in [2.24, 2.45) is 11.7 Å². The molecule has 0 fully saturated rings. The number of carboxylic acids is 2. The van der Waals surface area contributed by atoms with Crippen molar-refractivity contribution < 1.29 is 39.0 Å². The Balaban J connectivity index is -0.0000000527. The van der Waals surface area contributed by atoms with Gasteiger partial charge in [0.15, 0.2) is 0 Å². The highest BCUT2D eigenvalue weighted by Crippen LogP contribution is 1.87. The molecule has 1 atom stereocenters. The second-order valence-corrected chi connectivity index (χ2v) is 2.73. The van der Waals surface area contributed by atoms with E-state index in [1.807, 2.05) is 0 Å². The molecule has 0 rings (SSSR count). The predicted molar refractivity (Wildman–Crippen MR) is 63.3 cm³/mol. The Morgan fingerprint density at radius 3 is 1.35 bits per heavy atom. The van der Waals surface area contributed by atoms with Crippen LogP contribution < -0.4 is 11.9 Å². The fourth-order valence-electron chi connectivity index (χ4n) is 0.101. The van der Waals surface area contributed by atoms with E-state index in [4.69, 9.17) is 35.1 Å². The number of carbonyl (C=O) groups is 2. The minimum absolute atomic E-state index is 0. The molecule has 0 bridgehead atoms. The lowest BCUT2D eigenvalue weighted by Gasteiger charge is -1.96. The fraction of sp³-hybridized carbons (Fsp3) is 0.400. The van der Waals surface area contributed by atoms with Gasteiger partial charge in [0.05, 0.1) is 5.92 Å². The molecule has 0 aromatic heterocycles. The zero-order chi connectivity index (χ0) is 16.4. The Bertz CT molecular complexity index is 317. The second kappa shape index (κ2) is 25.3. The van der Waals surface area contributed by atoms with E-state index in [0.29, 0.717) is 0 Å². The second-order valence-electron chi connectivity index (χ2n) is 2.73. The Kier molecular flexibility index (Phi) is 38.4. The summed E-state index contributed by atoms with van der Waals surface area (Å²) < 4.78 is 0. The van der Waals surface area contributed by atoms with E-state index in [9.17, 15) is 9.59 Å². The molecule has 10 heteroatoms. The molecule has 20 heavy (non-hydrogen) atoms. The first-order chi connectivity index (χ1) is 8.65. The third-order valence-corrected chi connectivity index (χ3v) is 1.14. The normalized spacial score (nSPS) is 7.75. The van der Waals surface area contributed by atoms with Gasteiger partial charge in [0.25, 0.3) is 0 Å². The lowest BCUT2D eigenvalue weighted by Crippen LogP contribution is -2.19. The molecule has 0 amide bonds. The van der Waals surface area contributed by atoms with Crippen LogP contribution in [0, 0.1) is 5.92 Å². The van der Waals surface area contributed by atoms with Crippen LogP contribution in [0.5, 0.6) is 0 Å². The summed E-state index contributed by atoms with van der Waals surface area (Å²) in [6.07, 6.45) is 0.500. The van der Waals surface area contributed by atoms with E-state index >= 15 is 0 Å². The van der Waals surface area contributed by atoms with E-state index < -0.39 is 17.9 Å². The van der Waals surface area contributed by atoms with Gasteiger partial charge in [0.2, 0.25) is 0 Å². The van der Waals surface area contributed by atoms with Crippen LogP contribution >= 0.6 is 0 Å². The molecule has 0 saturated carbocycles. The number of nitrogens with two attached hydrogens (primary N) is 1. The Morgan fingerprint density at radius 1 is 1.15 bits per heavy atom. The number of carboxylic acid groups (broad SMARTS) is 2. The van der Waals surface area contributed by atoms with E-state index in [0.717, 1.165) is 0 Å². The van der Waals surface area contributed by atoms with Crippen molar-refractivity contribution in [2.75, 3.05) is 6.54 Å². The van der Waals surface area contributed by atoms with E-state index in [1.165, 1.54) is 6.92 Å². The first-order valence-corrected chi connectivity index (χ1v) is 4.46. The van der Waals surface area contributed by atoms with Crippen molar-refractivity contribution in [1.82, 2.24) is 6.15 Å². The van der Waals surface area contributed by atoms with Gasteiger partial charge in [0.1, 0.15) is 0 Å². The lowest BCUT2D eigenvalue weighted by molar-refractivity contribution is -0.193. The molecule has 0 spiro atoms. The van der Waals surface area contributed by atoms with Crippen molar-refractivity contribution in [3.05, 3.63) is 12.2 Å². The fourth-order valence-corrected chi connectivity index (χ4v) is 0.101. The molecule has 10 nitrogen and oxygen atoms in total. The summed E-state index contributed by atoms with van der Waals surface area (Å²) in [7, 11) is 0. The van der Waals surface area contributed by atoms with Gasteiger partial charge in [-0.1, -0.05) is 13.5 Å². The maximum Gasteiger partial charge on any atom is 0.373 e. The van der Waals surface area contributed by atoms with Crippen molar-refractivity contribution in [3.8, 4) is 0 Å². The summed E-state index contributed by atoms with van der Waals surface area (Å²) in [5.74, 6) is -2.17. The van der Waals surface area contributed by atoms with Gasteiger partial charge in [-0.2, -0.15) is 19.2 Å². The maximum atomic E-state index is 9.85. The van der Waals surface area contributed by atoms with Crippen LogP contribution in [-0.4, -0.2) is 41.0 Å². The van der Waals surface area contributed by atoms with Crippen LogP contribution in [0.3, 0.4) is 0 Å². The molecule has 0 aliphatic rings. The number of rotatable bonds is 3. The third kappa shape index (κ3) is 58.5. The molecule has 0 aromatic rings. The molecular weight excluding hydrogens is 276 g/mol.